The van der Waals surface area contributed by atoms with Crippen molar-refractivity contribution in [1.82, 2.24) is 4.72 Å². The Morgan fingerprint density at radius 1 is 1.06 bits per heavy atom. The maximum atomic E-state index is 13.0. The van der Waals surface area contributed by atoms with Crippen molar-refractivity contribution < 1.29 is 17.9 Å². The lowest BCUT2D eigenvalue weighted by molar-refractivity contribution is 0.102. The monoisotopic (exact) mass is 478 g/mol. The van der Waals surface area contributed by atoms with E-state index in [2.05, 4.69) is 10.0 Å². The number of hydrogen-bond donors (Lipinski definition) is 2. The minimum atomic E-state index is -3.96. The Bertz CT molecular complexity index is 1240. The van der Waals surface area contributed by atoms with E-state index in [9.17, 15) is 13.2 Å². The largest absolute Gasteiger partial charge is 0.377 e. The molecule has 1 atom stereocenters. The number of anilines is 1. The minimum absolute atomic E-state index is 0.0106. The Morgan fingerprint density at radius 2 is 1.84 bits per heavy atom. The van der Waals surface area contributed by atoms with Crippen molar-refractivity contribution in [2.45, 2.75) is 23.8 Å². The maximum Gasteiger partial charge on any atom is 0.257 e. The number of benzene rings is 3. The first-order valence-electron chi connectivity index (χ1n) is 9.74. The van der Waals surface area contributed by atoms with Gasteiger partial charge in [0.1, 0.15) is 4.90 Å². The summed E-state index contributed by atoms with van der Waals surface area (Å²) in [6, 6.07) is 15.6. The van der Waals surface area contributed by atoms with E-state index in [0.29, 0.717) is 12.3 Å². The lowest BCUT2D eigenvalue weighted by atomic mass is 10.1. The third kappa shape index (κ3) is 4.86. The number of sulfonamides is 1. The lowest BCUT2D eigenvalue weighted by Crippen LogP contribution is -2.32. The van der Waals surface area contributed by atoms with E-state index in [1.165, 1.54) is 12.1 Å². The Hall–Kier alpha value is -2.16. The van der Waals surface area contributed by atoms with E-state index in [0.717, 1.165) is 23.6 Å². The molecule has 162 valence electrons. The van der Waals surface area contributed by atoms with Crippen LogP contribution in [-0.4, -0.2) is 33.6 Å². The van der Waals surface area contributed by atoms with Crippen molar-refractivity contribution in [3.8, 4) is 0 Å². The van der Waals surface area contributed by atoms with Gasteiger partial charge in [-0.15, -0.1) is 0 Å². The molecular weight excluding hydrogens is 459 g/mol. The van der Waals surface area contributed by atoms with Crippen molar-refractivity contribution in [1.29, 1.82) is 0 Å². The summed E-state index contributed by atoms with van der Waals surface area (Å²) >= 11 is 12.4. The summed E-state index contributed by atoms with van der Waals surface area (Å²) in [7, 11) is -3.96. The molecule has 0 spiro atoms. The van der Waals surface area contributed by atoms with Crippen LogP contribution in [0.1, 0.15) is 23.2 Å². The Morgan fingerprint density at radius 3 is 2.61 bits per heavy atom. The number of hydrogen-bond acceptors (Lipinski definition) is 4. The van der Waals surface area contributed by atoms with Crippen molar-refractivity contribution in [3.63, 3.8) is 0 Å². The van der Waals surface area contributed by atoms with Crippen molar-refractivity contribution in [2.75, 3.05) is 18.5 Å². The molecule has 0 bridgehead atoms. The summed E-state index contributed by atoms with van der Waals surface area (Å²) in [5, 5.41) is 4.63. The Balaban J connectivity index is 1.61. The molecule has 0 aromatic heterocycles. The molecule has 0 unspecified atom stereocenters. The zero-order valence-electron chi connectivity index (χ0n) is 16.4. The fourth-order valence-corrected chi connectivity index (χ4v) is 5.44. The van der Waals surface area contributed by atoms with Gasteiger partial charge in [-0.1, -0.05) is 59.6 Å². The first-order valence-corrected chi connectivity index (χ1v) is 12.0. The van der Waals surface area contributed by atoms with Gasteiger partial charge in [0.15, 0.2) is 0 Å². The molecule has 1 heterocycles. The molecule has 0 saturated carbocycles. The van der Waals surface area contributed by atoms with E-state index < -0.39 is 15.9 Å². The summed E-state index contributed by atoms with van der Waals surface area (Å²) in [4.78, 5) is 12.8. The zero-order chi connectivity index (χ0) is 22.0. The van der Waals surface area contributed by atoms with Gasteiger partial charge in [-0.25, -0.2) is 13.1 Å². The minimum Gasteiger partial charge on any atom is -0.377 e. The van der Waals surface area contributed by atoms with E-state index in [1.54, 1.807) is 6.07 Å². The first kappa shape index (κ1) is 22.0. The van der Waals surface area contributed by atoms with Crippen LogP contribution in [-0.2, 0) is 14.8 Å². The average Bonchev–Trinajstić information content (AvgIpc) is 3.26. The van der Waals surface area contributed by atoms with Crippen molar-refractivity contribution in [2.24, 2.45) is 0 Å². The predicted molar refractivity (Wildman–Crippen MR) is 123 cm³/mol. The zero-order valence-corrected chi connectivity index (χ0v) is 18.7. The van der Waals surface area contributed by atoms with E-state index in [4.69, 9.17) is 27.9 Å². The summed E-state index contributed by atoms with van der Waals surface area (Å²) in [6.45, 7) is 0.755. The number of rotatable bonds is 6. The standard InChI is InChI=1S/C22H20Cl2N2O4S/c23-18-12-19(24)21(31(28,29)25-13-15-7-4-10-30-15)11-17(18)22(27)26-20-9-3-6-14-5-1-2-8-16(14)20/h1-3,5-6,8-9,11-12,15,25H,4,7,10,13H2,(H,26,27)/t15-/m1/s1. The summed E-state index contributed by atoms with van der Waals surface area (Å²) in [5.41, 5.74) is 0.603. The Labute approximate surface area is 190 Å². The third-order valence-corrected chi connectivity index (χ3v) is 7.32. The molecule has 1 amide bonds. The highest BCUT2D eigenvalue weighted by Gasteiger charge is 2.25. The van der Waals surface area contributed by atoms with E-state index in [-0.39, 0.29) is 33.2 Å². The number of nitrogens with one attached hydrogen (secondary N) is 2. The molecule has 31 heavy (non-hydrogen) atoms. The summed E-state index contributed by atoms with van der Waals surface area (Å²) in [6.07, 6.45) is 1.51. The number of fused-ring (bicyclic) bond motifs is 1. The van der Waals surface area contributed by atoms with Gasteiger partial charge in [0.2, 0.25) is 10.0 Å². The second-order valence-corrected chi connectivity index (χ2v) is 9.78. The Kier molecular flexibility index (Phi) is 6.50. The van der Waals surface area contributed by atoms with Crippen LogP contribution in [0.4, 0.5) is 5.69 Å². The van der Waals surface area contributed by atoms with Gasteiger partial charge in [0.05, 0.1) is 21.7 Å². The summed E-state index contributed by atoms with van der Waals surface area (Å²) < 4.78 is 33.6. The highest BCUT2D eigenvalue weighted by Crippen LogP contribution is 2.30. The van der Waals surface area contributed by atoms with Crippen LogP contribution >= 0.6 is 23.2 Å². The van der Waals surface area contributed by atoms with Crippen molar-refractivity contribution >= 4 is 55.6 Å². The van der Waals surface area contributed by atoms with Gasteiger partial charge in [0, 0.05) is 24.2 Å². The molecule has 2 N–H and O–H groups in total. The van der Waals surface area contributed by atoms with Crippen LogP contribution in [0.2, 0.25) is 10.0 Å². The predicted octanol–water partition coefficient (Wildman–Crippen LogP) is 4.86. The van der Waals surface area contributed by atoms with Gasteiger partial charge in [-0.2, -0.15) is 0 Å². The lowest BCUT2D eigenvalue weighted by Gasteiger charge is -2.14. The number of amides is 1. The number of carbonyl (C=O) groups is 1. The second kappa shape index (κ2) is 9.14. The SMILES string of the molecule is O=C(Nc1cccc2ccccc12)c1cc(S(=O)(=O)NC[C@H]2CCCO2)c(Cl)cc1Cl. The molecule has 3 aromatic carbocycles. The molecule has 1 saturated heterocycles. The van der Waals surface area contributed by atoms with Crippen LogP contribution < -0.4 is 10.0 Å². The summed E-state index contributed by atoms with van der Waals surface area (Å²) in [5.74, 6) is -0.534. The molecule has 4 rings (SSSR count). The van der Waals surface area contributed by atoms with Crippen LogP contribution in [0.15, 0.2) is 59.5 Å². The molecule has 6 nitrogen and oxygen atoms in total. The van der Waals surface area contributed by atoms with Crippen LogP contribution in [0.25, 0.3) is 10.8 Å². The molecule has 0 radical (unpaired) electrons. The fourth-order valence-electron chi connectivity index (χ4n) is 3.52. The molecule has 9 heteroatoms. The van der Waals surface area contributed by atoms with Crippen molar-refractivity contribution in [3.05, 3.63) is 70.2 Å². The fraction of sp³-hybridized carbons (Fsp3) is 0.227. The number of ether oxygens (including phenoxy) is 1. The molecule has 1 aliphatic heterocycles. The third-order valence-electron chi connectivity index (χ3n) is 5.12. The van der Waals surface area contributed by atoms with Gasteiger partial charge < -0.3 is 10.1 Å². The number of halogens is 2. The molecule has 3 aromatic rings. The highest BCUT2D eigenvalue weighted by atomic mass is 35.5. The molecular formula is C22H20Cl2N2O4S. The van der Waals surface area contributed by atoms with Crippen LogP contribution in [0.3, 0.4) is 0 Å². The van der Waals surface area contributed by atoms with E-state index >= 15 is 0 Å². The smallest absolute Gasteiger partial charge is 0.257 e. The van der Waals surface area contributed by atoms with Gasteiger partial charge >= 0.3 is 0 Å². The van der Waals surface area contributed by atoms with Crippen LogP contribution in [0, 0.1) is 0 Å². The normalized spacial score (nSPS) is 16.5. The molecule has 1 aliphatic rings. The maximum absolute atomic E-state index is 13.0. The van der Waals surface area contributed by atoms with E-state index in [1.807, 2.05) is 36.4 Å². The van der Waals surface area contributed by atoms with Crippen LogP contribution in [0.5, 0.6) is 0 Å². The second-order valence-electron chi connectivity index (χ2n) is 7.23. The quantitative estimate of drug-likeness (QED) is 0.529. The van der Waals surface area contributed by atoms with Gasteiger partial charge in [-0.05, 0) is 36.4 Å². The van der Waals surface area contributed by atoms with Gasteiger partial charge in [0.25, 0.3) is 5.91 Å². The molecule has 0 aliphatic carbocycles. The first-order chi connectivity index (χ1) is 14.8. The average molecular weight is 479 g/mol. The number of carbonyl (C=O) groups excluding carboxylic acids is 1. The van der Waals surface area contributed by atoms with Gasteiger partial charge in [-0.3, -0.25) is 4.79 Å². The topological polar surface area (TPSA) is 84.5 Å². The highest BCUT2D eigenvalue weighted by molar-refractivity contribution is 7.89. The molecule has 1 fully saturated rings.